The van der Waals surface area contributed by atoms with Crippen LogP contribution in [0.1, 0.15) is 27.2 Å². The summed E-state index contributed by atoms with van der Waals surface area (Å²) in [5.41, 5.74) is 5.29. The van der Waals surface area contributed by atoms with Crippen LogP contribution in [0.5, 0.6) is 0 Å². The second-order valence-electron chi connectivity index (χ2n) is 4.07. The van der Waals surface area contributed by atoms with Crippen molar-refractivity contribution in [1.82, 2.24) is 4.90 Å². The molecule has 0 aromatic carbocycles. The first-order chi connectivity index (χ1) is 4.93. The van der Waals surface area contributed by atoms with Crippen LogP contribution in [0.2, 0.25) is 0 Å². The molecular weight excluding hydrogens is 140 g/mol. The van der Waals surface area contributed by atoms with Crippen molar-refractivity contribution >= 4 is 5.91 Å². The highest BCUT2D eigenvalue weighted by Crippen LogP contribution is 2.26. The van der Waals surface area contributed by atoms with Crippen molar-refractivity contribution in [3.63, 3.8) is 0 Å². The third-order valence-corrected chi connectivity index (χ3v) is 2.21. The second kappa shape index (κ2) is 2.48. The van der Waals surface area contributed by atoms with Crippen LogP contribution in [0, 0.1) is 0 Å². The van der Waals surface area contributed by atoms with Crippen molar-refractivity contribution in [3.8, 4) is 0 Å². The highest BCUT2D eigenvalue weighted by molar-refractivity contribution is 5.80. The van der Waals surface area contributed by atoms with Gasteiger partial charge in [-0.2, -0.15) is 0 Å². The summed E-state index contributed by atoms with van der Waals surface area (Å²) in [6.45, 7) is 7.30. The van der Waals surface area contributed by atoms with Crippen molar-refractivity contribution in [1.29, 1.82) is 0 Å². The molecule has 3 nitrogen and oxygen atoms in total. The zero-order valence-corrected chi connectivity index (χ0v) is 7.42. The zero-order valence-electron chi connectivity index (χ0n) is 7.42. The van der Waals surface area contributed by atoms with Crippen LogP contribution in [-0.2, 0) is 4.79 Å². The van der Waals surface area contributed by atoms with E-state index in [9.17, 15) is 4.79 Å². The molecule has 1 saturated heterocycles. The molecule has 0 aromatic heterocycles. The van der Waals surface area contributed by atoms with Gasteiger partial charge in [-0.25, -0.2) is 0 Å². The first-order valence-corrected chi connectivity index (χ1v) is 3.99. The molecule has 1 rings (SSSR count). The van der Waals surface area contributed by atoms with Crippen molar-refractivity contribution in [2.45, 2.75) is 38.8 Å². The molecule has 0 radical (unpaired) electrons. The maximum absolute atomic E-state index is 10.8. The Labute approximate surface area is 67.5 Å². The van der Waals surface area contributed by atoms with Crippen LogP contribution >= 0.6 is 0 Å². The van der Waals surface area contributed by atoms with Gasteiger partial charge in [0.25, 0.3) is 0 Å². The molecule has 1 atom stereocenters. The molecule has 0 saturated carbocycles. The Morgan fingerprint density at radius 3 is 2.18 bits per heavy atom. The minimum atomic E-state index is -0.189. The Morgan fingerprint density at radius 1 is 1.55 bits per heavy atom. The van der Waals surface area contributed by atoms with E-state index in [4.69, 9.17) is 5.73 Å². The fourth-order valence-corrected chi connectivity index (χ4v) is 1.49. The Bertz CT molecular complexity index is 171. The van der Waals surface area contributed by atoms with Crippen LogP contribution in [0.4, 0.5) is 0 Å². The molecule has 0 aliphatic carbocycles. The maximum Gasteiger partial charge on any atom is 0.234 e. The zero-order chi connectivity index (χ0) is 8.65. The normalized spacial score (nSPS) is 26.3. The number of likely N-dealkylation sites (tertiary alicyclic amines) is 1. The number of hydrogen-bond donors (Lipinski definition) is 1. The number of nitrogens with two attached hydrogens (primary N) is 1. The van der Waals surface area contributed by atoms with E-state index in [1.807, 2.05) is 0 Å². The molecule has 11 heavy (non-hydrogen) atoms. The molecule has 0 bridgehead atoms. The lowest BCUT2D eigenvalue weighted by Crippen LogP contribution is -2.61. The van der Waals surface area contributed by atoms with Gasteiger partial charge in [0.1, 0.15) is 0 Å². The van der Waals surface area contributed by atoms with Crippen molar-refractivity contribution < 1.29 is 4.79 Å². The van der Waals surface area contributed by atoms with Gasteiger partial charge in [0.05, 0.1) is 6.04 Å². The van der Waals surface area contributed by atoms with Crippen molar-refractivity contribution in [2.75, 3.05) is 6.54 Å². The van der Waals surface area contributed by atoms with E-state index in [2.05, 4.69) is 25.7 Å². The fourth-order valence-electron chi connectivity index (χ4n) is 1.49. The van der Waals surface area contributed by atoms with Crippen molar-refractivity contribution in [2.24, 2.45) is 5.73 Å². The highest BCUT2D eigenvalue weighted by atomic mass is 16.1. The van der Waals surface area contributed by atoms with E-state index in [0.717, 1.165) is 13.0 Å². The predicted molar refractivity (Wildman–Crippen MR) is 44.1 cm³/mol. The van der Waals surface area contributed by atoms with Gasteiger partial charge in [-0.1, -0.05) is 0 Å². The van der Waals surface area contributed by atoms with Gasteiger partial charge in [-0.15, -0.1) is 0 Å². The third kappa shape index (κ3) is 1.53. The molecule has 0 spiro atoms. The summed E-state index contributed by atoms with van der Waals surface area (Å²) < 4.78 is 0. The molecule has 1 amide bonds. The SMILES string of the molecule is CC(C)(C)N1CC[C@@H]1C(N)=O. The van der Waals surface area contributed by atoms with Crippen LogP contribution in [0.3, 0.4) is 0 Å². The first-order valence-electron chi connectivity index (χ1n) is 3.99. The number of carbonyl (C=O) groups is 1. The molecule has 1 fully saturated rings. The minimum Gasteiger partial charge on any atom is -0.368 e. The van der Waals surface area contributed by atoms with E-state index < -0.39 is 0 Å². The quantitative estimate of drug-likeness (QED) is 0.595. The second-order valence-corrected chi connectivity index (χ2v) is 4.07. The van der Waals surface area contributed by atoms with Crippen LogP contribution < -0.4 is 5.73 Å². The third-order valence-electron chi connectivity index (χ3n) is 2.21. The van der Waals surface area contributed by atoms with E-state index in [1.165, 1.54) is 0 Å². The van der Waals surface area contributed by atoms with E-state index in [0.29, 0.717) is 0 Å². The number of primary amides is 1. The van der Waals surface area contributed by atoms with Crippen LogP contribution in [0.15, 0.2) is 0 Å². The number of nitrogens with zero attached hydrogens (tertiary/aromatic N) is 1. The van der Waals surface area contributed by atoms with Gasteiger partial charge in [-0.05, 0) is 27.2 Å². The lowest BCUT2D eigenvalue weighted by Gasteiger charge is -2.47. The summed E-state index contributed by atoms with van der Waals surface area (Å²) in [5.74, 6) is -0.189. The van der Waals surface area contributed by atoms with Gasteiger partial charge in [0, 0.05) is 12.1 Å². The van der Waals surface area contributed by atoms with Crippen molar-refractivity contribution in [3.05, 3.63) is 0 Å². The van der Waals surface area contributed by atoms with E-state index >= 15 is 0 Å². The number of rotatable bonds is 1. The maximum atomic E-state index is 10.8. The average molecular weight is 156 g/mol. The van der Waals surface area contributed by atoms with E-state index in [-0.39, 0.29) is 17.5 Å². The molecule has 64 valence electrons. The minimum absolute atomic E-state index is 0.0185. The Hall–Kier alpha value is -0.570. The summed E-state index contributed by atoms with van der Waals surface area (Å²) in [5, 5.41) is 0. The Morgan fingerprint density at radius 2 is 2.09 bits per heavy atom. The molecule has 3 heteroatoms. The largest absolute Gasteiger partial charge is 0.368 e. The molecule has 1 aliphatic heterocycles. The van der Waals surface area contributed by atoms with Gasteiger partial charge >= 0.3 is 0 Å². The summed E-state index contributed by atoms with van der Waals surface area (Å²) in [6.07, 6.45) is 0.923. The number of carbonyl (C=O) groups excluding carboxylic acids is 1. The van der Waals surface area contributed by atoms with E-state index in [1.54, 1.807) is 0 Å². The average Bonchev–Trinajstić information content (AvgIpc) is 1.51. The predicted octanol–water partition coefficient (Wildman–Crippen LogP) is 0.345. The standard InChI is InChI=1S/C8H16N2O/c1-8(2,3)10-5-4-6(10)7(9)11/h6H,4-5H2,1-3H3,(H2,9,11)/t6-/m1/s1. The fraction of sp³-hybridized carbons (Fsp3) is 0.875. The summed E-state index contributed by atoms with van der Waals surface area (Å²) in [4.78, 5) is 13.0. The lowest BCUT2D eigenvalue weighted by molar-refractivity contribution is -0.131. The van der Waals surface area contributed by atoms with Gasteiger partial charge < -0.3 is 5.73 Å². The van der Waals surface area contributed by atoms with Gasteiger partial charge in [0.2, 0.25) is 5.91 Å². The first kappa shape index (κ1) is 8.53. The molecule has 1 aliphatic rings. The van der Waals surface area contributed by atoms with Crippen LogP contribution in [0.25, 0.3) is 0 Å². The smallest absolute Gasteiger partial charge is 0.234 e. The Balaban J connectivity index is 2.57. The Kier molecular flexibility index (Phi) is 1.92. The molecule has 0 unspecified atom stereocenters. The summed E-state index contributed by atoms with van der Waals surface area (Å²) in [7, 11) is 0. The number of amides is 1. The van der Waals surface area contributed by atoms with Gasteiger partial charge in [0.15, 0.2) is 0 Å². The topological polar surface area (TPSA) is 46.3 Å². The molecule has 2 N–H and O–H groups in total. The summed E-state index contributed by atoms with van der Waals surface area (Å²) in [6, 6.07) is -0.0185. The molecule has 1 heterocycles. The monoisotopic (exact) mass is 156 g/mol. The highest BCUT2D eigenvalue weighted by Gasteiger charge is 2.39. The number of hydrogen-bond acceptors (Lipinski definition) is 2. The van der Waals surface area contributed by atoms with Crippen LogP contribution in [-0.4, -0.2) is 28.9 Å². The lowest BCUT2D eigenvalue weighted by atomic mass is 9.93. The molecular formula is C8H16N2O. The van der Waals surface area contributed by atoms with Gasteiger partial charge in [-0.3, -0.25) is 9.69 Å². The summed E-state index contributed by atoms with van der Waals surface area (Å²) >= 11 is 0. The molecule has 0 aromatic rings.